The Labute approximate surface area is 133 Å². The molecule has 0 amide bonds. The van der Waals surface area contributed by atoms with E-state index in [0.717, 1.165) is 19.4 Å². The Morgan fingerprint density at radius 3 is 1.95 bits per heavy atom. The predicted octanol–water partition coefficient (Wildman–Crippen LogP) is 4.39. The van der Waals surface area contributed by atoms with Gasteiger partial charge in [0.2, 0.25) is 0 Å². The quantitative estimate of drug-likeness (QED) is 0.687. The summed E-state index contributed by atoms with van der Waals surface area (Å²) < 4.78 is 11.9. The van der Waals surface area contributed by atoms with E-state index in [4.69, 9.17) is 15.2 Å². The fourth-order valence-electron chi connectivity index (χ4n) is 1.88. The van der Waals surface area contributed by atoms with E-state index in [1.54, 1.807) is 0 Å². The van der Waals surface area contributed by atoms with Gasteiger partial charge < -0.3 is 15.2 Å². The fraction of sp³-hybridized carbons (Fsp3) is 1.00. The molecule has 0 rings (SSSR count). The lowest BCUT2D eigenvalue weighted by atomic mass is 9.83. The average molecular weight is 302 g/mol. The molecule has 0 radical (unpaired) electrons. The van der Waals surface area contributed by atoms with Crippen LogP contribution in [0.15, 0.2) is 0 Å². The summed E-state index contributed by atoms with van der Waals surface area (Å²) in [5, 5.41) is 0. The van der Waals surface area contributed by atoms with Crippen LogP contribution in [0, 0.1) is 11.3 Å². The van der Waals surface area contributed by atoms with Crippen LogP contribution in [0.1, 0.15) is 75.2 Å². The van der Waals surface area contributed by atoms with E-state index < -0.39 is 0 Å². The van der Waals surface area contributed by atoms with Crippen molar-refractivity contribution in [3.8, 4) is 0 Å². The van der Waals surface area contributed by atoms with Crippen LogP contribution in [0.4, 0.5) is 0 Å². The van der Waals surface area contributed by atoms with E-state index in [9.17, 15) is 0 Å². The van der Waals surface area contributed by atoms with Crippen molar-refractivity contribution in [2.75, 3.05) is 13.2 Å². The van der Waals surface area contributed by atoms with Crippen LogP contribution in [0.2, 0.25) is 0 Å². The summed E-state index contributed by atoms with van der Waals surface area (Å²) in [6.45, 7) is 20.8. The summed E-state index contributed by atoms with van der Waals surface area (Å²) in [6.07, 6.45) is 2.15. The van der Waals surface area contributed by atoms with E-state index >= 15 is 0 Å². The minimum absolute atomic E-state index is 0.0722. The molecule has 2 N–H and O–H groups in total. The Morgan fingerprint density at radius 2 is 1.52 bits per heavy atom. The van der Waals surface area contributed by atoms with Crippen molar-refractivity contribution in [1.29, 1.82) is 0 Å². The van der Waals surface area contributed by atoms with Gasteiger partial charge in [0.05, 0.1) is 18.3 Å². The molecule has 0 aromatic heterocycles. The molecule has 0 heterocycles. The third kappa shape index (κ3) is 8.18. The maximum absolute atomic E-state index is 6.28. The van der Waals surface area contributed by atoms with E-state index in [1.165, 1.54) is 0 Å². The highest BCUT2D eigenvalue weighted by molar-refractivity contribution is 4.84. The molecule has 21 heavy (non-hydrogen) atoms. The topological polar surface area (TPSA) is 44.5 Å². The molecule has 0 saturated carbocycles. The van der Waals surface area contributed by atoms with Crippen LogP contribution < -0.4 is 5.73 Å². The molecule has 3 atom stereocenters. The standard InChI is InChI=1S/C18H39NO2/c1-10-18(9,19)14(2)13-20-15(3)17(7,8)11-12-21-16(4,5)6/h14-15H,10-13,19H2,1-9H3. The zero-order valence-corrected chi connectivity index (χ0v) is 15.9. The van der Waals surface area contributed by atoms with Crippen LogP contribution in [0.5, 0.6) is 0 Å². The van der Waals surface area contributed by atoms with Gasteiger partial charge >= 0.3 is 0 Å². The highest BCUT2D eigenvalue weighted by Crippen LogP contribution is 2.29. The molecule has 0 bridgehead atoms. The summed E-state index contributed by atoms with van der Waals surface area (Å²) >= 11 is 0. The van der Waals surface area contributed by atoms with Crippen molar-refractivity contribution in [1.82, 2.24) is 0 Å². The Hall–Kier alpha value is -0.120. The van der Waals surface area contributed by atoms with Gasteiger partial charge in [-0.2, -0.15) is 0 Å². The molecular formula is C18H39NO2. The molecule has 128 valence electrons. The van der Waals surface area contributed by atoms with Gasteiger partial charge in [0.25, 0.3) is 0 Å². The minimum Gasteiger partial charge on any atom is -0.378 e. The number of hydrogen-bond acceptors (Lipinski definition) is 3. The Morgan fingerprint density at radius 1 is 1.00 bits per heavy atom. The SMILES string of the molecule is CCC(C)(N)C(C)COC(C)C(C)(C)CCOC(C)(C)C. The minimum atomic E-state index is -0.154. The van der Waals surface area contributed by atoms with Gasteiger partial charge in [-0.05, 0) is 58.8 Å². The Kier molecular flexibility index (Phi) is 7.89. The Balaban J connectivity index is 4.27. The zero-order valence-electron chi connectivity index (χ0n) is 15.9. The molecular weight excluding hydrogens is 262 g/mol. The molecule has 0 aromatic rings. The third-order valence-electron chi connectivity index (χ3n) is 4.87. The summed E-state index contributed by atoms with van der Waals surface area (Å²) in [7, 11) is 0. The van der Waals surface area contributed by atoms with E-state index in [2.05, 4.69) is 62.3 Å². The smallest absolute Gasteiger partial charge is 0.0598 e. The summed E-state index contributed by atoms with van der Waals surface area (Å²) in [5.41, 5.74) is 6.16. The summed E-state index contributed by atoms with van der Waals surface area (Å²) in [5.74, 6) is 0.353. The second kappa shape index (κ2) is 7.94. The molecule has 0 spiro atoms. The van der Waals surface area contributed by atoms with Crippen LogP contribution in [-0.2, 0) is 9.47 Å². The van der Waals surface area contributed by atoms with Crippen LogP contribution in [0.25, 0.3) is 0 Å². The van der Waals surface area contributed by atoms with Crippen molar-refractivity contribution in [3.63, 3.8) is 0 Å². The summed E-state index contributed by atoms with van der Waals surface area (Å²) in [6, 6.07) is 0. The van der Waals surface area contributed by atoms with Crippen LogP contribution in [-0.4, -0.2) is 30.5 Å². The van der Waals surface area contributed by atoms with Crippen molar-refractivity contribution in [2.45, 2.75) is 92.4 Å². The second-order valence-electron chi connectivity index (χ2n) is 8.44. The highest BCUT2D eigenvalue weighted by atomic mass is 16.5. The van der Waals surface area contributed by atoms with Crippen molar-refractivity contribution >= 4 is 0 Å². The van der Waals surface area contributed by atoms with Gasteiger partial charge in [0.15, 0.2) is 0 Å². The van der Waals surface area contributed by atoms with E-state index in [0.29, 0.717) is 12.5 Å². The third-order valence-corrected chi connectivity index (χ3v) is 4.87. The maximum atomic E-state index is 6.28. The van der Waals surface area contributed by atoms with Crippen molar-refractivity contribution < 1.29 is 9.47 Å². The largest absolute Gasteiger partial charge is 0.378 e. The molecule has 0 aromatic carbocycles. The molecule has 0 aliphatic heterocycles. The van der Waals surface area contributed by atoms with E-state index in [1.807, 2.05) is 0 Å². The van der Waals surface area contributed by atoms with Gasteiger partial charge in [0.1, 0.15) is 0 Å². The first-order valence-electron chi connectivity index (χ1n) is 8.36. The van der Waals surface area contributed by atoms with Gasteiger partial charge in [-0.1, -0.05) is 27.7 Å². The molecule has 3 heteroatoms. The maximum Gasteiger partial charge on any atom is 0.0598 e. The zero-order chi connectivity index (χ0) is 16.9. The van der Waals surface area contributed by atoms with Gasteiger partial charge in [-0.25, -0.2) is 0 Å². The lowest BCUT2D eigenvalue weighted by Gasteiger charge is -2.36. The second-order valence-corrected chi connectivity index (χ2v) is 8.44. The number of rotatable bonds is 9. The van der Waals surface area contributed by atoms with Crippen LogP contribution in [0.3, 0.4) is 0 Å². The van der Waals surface area contributed by atoms with Crippen molar-refractivity contribution in [2.24, 2.45) is 17.1 Å². The molecule has 0 aliphatic carbocycles. The molecule has 0 fully saturated rings. The van der Waals surface area contributed by atoms with E-state index in [-0.39, 0.29) is 22.7 Å². The number of nitrogens with two attached hydrogens (primary N) is 1. The normalized spacial score (nSPS) is 19.1. The lowest BCUT2D eigenvalue weighted by molar-refractivity contribution is -0.0648. The lowest BCUT2D eigenvalue weighted by Crippen LogP contribution is -2.45. The molecule has 0 aliphatic rings. The monoisotopic (exact) mass is 301 g/mol. The molecule has 3 nitrogen and oxygen atoms in total. The average Bonchev–Trinajstić information content (AvgIpc) is 2.33. The van der Waals surface area contributed by atoms with Gasteiger partial charge in [-0.3, -0.25) is 0 Å². The number of ether oxygens (including phenoxy) is 2. The van der Waals surface area contributed by atoms with Crippen LogP contribution >= 0.6 is 0 Å². The fourth-order valence-corrected chi connectivity index (χ4v) is 1.88. The first-order chi connectivity index (χ1) is 9.32. The number of hydrogen-bond donors (Lipinski definition) is 1. The van der Waals surface area contributed by atoms with Gasteiger partial charge in [-0.15, -0.1) is 0 Å². The first-order valence-corrected chi connectivity index (χ1v) is 8.36. The summed E-state index contributed by atoms with van der Waals surface area (Å²) in [4.78, 5) is 0. The molecule has 0 saturated heterocycles. The van der Waals surface area contributed by atoms with Gasteiger partial charge in [0, 0.05) is 12.1 Å². The van der Waals surface area contributed by atoms with Crippen molar-refractivity contribution in [3.05, 3.63) is 0 Å². The highest BCUT2D eigenvalue weighted by Gasteiger charge is 2.30. The predicted molar refractivity (Wildman–Crippen MR) is 91.6 cm³/mol. The first kappa shape index (κ1) is 20.9. The molecule has 3 unspecified atom stereocenters. The Bertz CT molecular complexity index is 292.